The summed E-state index contributed by atoms with van der Waals surface area (Å²) in [5, 5.41) is 12.8. The van der Waals surface area contributed by atoms with Crippen molar-refractivity contribution < 1.29 is 14.5 Å². The molecule has 1 amide bonds. The normalized spacial score (nSPS) is 9.89. The molecule has 0 radical (unpaired) electrons. The summed E-state index contributed by atoms with van der Waals surface area (Å²) in [6, 6.07) is 1.68. The fourth-order valence-corrected chi connectivity index (χ4v) is 1.70. The lowest BCUT2D eigenvalue weighted by molar-refractivity contribution is -0.380. The van der Waals surface area contributed by atoms with E-state index in [0.29, 0.717) is 0 Å². The van der Waals surface area contributed by atoms with E-state index in [9.17, 15) is 14.9 Å². The molecule has 1 N–H and O–H groups in total. The van der Waals surface area contributed by atoms with E-state index in [2.05, 4.69) is 20.3 Å². The molecule has 0 saturated heterocycles. The summed E-state index contributed by atoms with van der Waals surface area (Å²) in [6.07, 6.45) is 4.02. The molecule has 0 unspecified atom stereocenters. The molecule has 0 saturated carbocycles. The Morgan fingerprint density at radius 1 is 1.42 bits per heavy atom. The summed E-state index contributed by atoms with van der Waals surface area (Å²) in [5.74, 6) is -0.503. The third-order valence-corrected chi connectivity index (χ3v) is 2.66. The highest BCUT2D eigenvalue weighted by molar-refractivity contribution is 7.18. The molecule has 2 aromatic heterocycles. The first kappa shape index (κ1) is 12.8. The first-order valence-electron chi connectivity index (χ1n) is 4.95. The van der Waals surface area contributed by atoms with Crippen LogP contribution in [-0.2, 0) is 4.79 Å². The number of thiazole rings is 1. The number of ether oxygens (including phenoxy) is 1. The van der Waals surface area contributed by atoms with Gasteiger partial charge in [0.05, 0.1) is 4.92 Å². The van der Waals surface area contributed by atoms with Crippen LogP contribution in [0.3, 0.4) is 0 Å². The molecule has 98 valence electrons. The first-order chi connectivity index (χ1) is 9.15. The molecule has 10 heteroatoms. The van der Waals surface area contributed by atoms with Crippen molar-refractivity contribution in [1.29, 1.82) is 0 Å². The largest absolute Gasteiger partial charge is 0.453 e. The maximum atomic E-state index is 11.5. The Morgan fingerprint density at radius 2 is 2.16 bits per heavy atom. The second-order valence-corrected chi connectivity index (χ2v) is 4.14. The van der Waals surface area contributed by atoms with Crippen LogP contribution in [0.25, 0.3) is 0 Å². The zero-order chi connectivity index (χ0) is 13.7. The van der Waals surface area contributed by atoms with Crippen molar-refractivity contribution in [2.45, 2.75) is 0 Å². The van der Waals surface area contributed by atoms with E-state index in [1.165, 1.54) is 12.4 Å². The van der Waals surface area contributed by atoms with Gasteiger partial charge in [-0.1, -0.05) is 0 Å². The van der Waals surface area contributed by atoms with E-state index in [-0.39, 0.29) is 22.7 Å². The highest BCUT2D eigenvalue weighted by atomic mass is 32.1. The third-order valence-electron chi connectivity index (χ3n) is 1.79. The number of nitrogens with one attached hydrogen (secondary N) is 1. The van der Waals surface area contributed by atoms with Gasteiger partial charge in [-0.2, -0.15) is 0 Å². The number of hydrogen-bond donors (Lipinski definition) is 1. The van der Waals surface area contributed by atoms with Crippen molar-refractivity contribution in [2.24, 2.45) is 0 Å². The van der Waals surface area contributed by atoms with Gasteiger partial charge in [0.15, 0.2) is 11.7 Å². The van der Waals surface area contributed by atoms with Crippen molar-refractivity contribution in [3.63, 3.8) is 0 Å². The number of carbonyl (C=O) groups excluding carboxylic acids is 1. The van der Waals surface area contributed by atoms with Crippen LogP contribution in [0, 0.1) is 10.1 Å². The van der Waals surface area contributed by atoms with Gasteiger partial charge in [-0.05, 0) is 17.4 Å². The summed E-state index contributed by atoms with van der Waals surface area (Å²) in [6.45, 7) is -0.308. The Balaban J connectivity index is 1.85. The van der Waals surface area contributed by atoms with Crippen molar-refractivity contribution in [2.75, 3.05) is 11.9 Å². The topological polar surface area (TPSA) is 120 Å². The average Bonchev–Trinajstić information content (AvgIpc) is 2.86. The predicted molar refractivity (Wildman–Crippen MR) is 64.9 cm³/mol. The fraction of sp³-hybridized carbons (Fsp3) is 0.111. The average molecular weight is 281 g/mol. The van der Waals surface area contributed by atoms with Crippen LogP contribution in [0.5, 0.6) is 6.01 Å². The van der Waals surface area contributed by atoms with Crippen LogP contribution < -0.4 is 10.1 Å². The van der Waals surface area contributed by atoms with E-state index in [0.717, 1.165) is 17.5 Å². The van der Waals surface area contributed by atoms with Gasteiger partial charge >= 0.3 is 11.0 Å². The summed E-state index contributed by atoms with van der Waals surface area (Å²) >= 11 is 0.762. The highest BCUT2D eigenvalue weighted by Crippen LogP contribution is 2.24. The molecule has 2 aromatic rings. The fourth-order valence-electron chi connectivity index (χ4n) is 1.05. The van der Waals surface area contributed by atoms with Crippen LogP contribution in [-0.4, -0.2) is 32.4 Å². The number of rotatable bonds is 5. The van der Waals surface area contributed by atoms with Crippen LogP contribution in [0.4, 0.5) is 10.1 Å². The lowest BCUT2D eigenvalue weighted by atomic mass is 10.6. The molecule has 9 nitrogen and oxygen atoms in total. The summed E-state index contributed by atoms with van der Waals surface area (Å²) < 4.78 is 5.00. The Bertz CT molecular complexity index is 587. The van der Waals surface area contributed by atoms with Crippen LogP contribution >= 0.6 is 11.3 Å². The summed E-state index contributed by atoms with van der Waals surface area (Å²) in [5.41, 5.74) is 0. The number of aromatic nitrogens is 3. The Hall–Kier alpha value is -2.62. The minimum absolute atomic E-state index is 0.0720. The molecule has 0 aromatic carbocycles. The zero-order valence-corrected chi connectivity index (χ0v) is 10.2. The maximum Gasteiger partial charge on any atom is 0.345 e. The molecule has 0 aliphatic rings. The van der Waals surface area contributed by atoms with Gasteiger partial charge in [-0.3, -0.25) is 20.2 Å². The molecule has 2 rings (SSSR count). The van der Waals surface area contributed by atoms with E-state index in [4.69, 9.17) is 4.74 Å². The van der Waals surface area contributed by atoms with Crippen LogP contribution in [0.2, 0.25) is 0 Å². The van der Waals surface area contributed by atoms with Gasteiger partial charge in [0, 0.05) is 12.4 Å². The Morgan fingerprint density at radius 3 is 2.79 bits per heavy atom. The molecule has 0 aliphatic carbocycles. The summed E-state index contributed by atoms with van der Waals surface area (Å²) in [7, 11) is 0. The summed E-state index contributed by atoms with van der Waals surface area (Å²) in [4.78, 5) is 32.6. The first-order valence-corrected chi connectivity index (χ1v) is 5.76. The molecule has 2 heterocycles. The number of hydrogen-bond acceptors (Lipinski definition) is 8. The number of nitro groups is 1. The van der Waals surface area contributed by atoms with Crippen molar-refractivity contribution in [3.8, 4) is 6.01 Å². The quantitative estimate of drug-likeness (QED) is 0.637. The van der Waals surface area contributed by atoms with Gasteiger partial charge < -0.3 is 4.74 Å². The molecular formula is C9H7N5O4S. The monoisotopic (exact) mass is 281 g/mol. The minimum atomic E-state index is -0.582. The molecule has 0 spiro atoms. The second-order valence-electron chi connectivity index (χ2n) is 3.13. The van der Waals surface area contributed by atoms with Crippen molar-refractivity contribution in [3.05, 3.63) is 34.8 Å². The molecule has 0 bridgehead atoms. The Labute approximate surface area is 110 Å². The molecule has 0 atom stereocenters. The second kappa shape index (κ2) is 5.82. The van der Waals surface area contributed by atoms with Crippen LogP contribution in [0.15, 0.2) is 24.7 Å². The van der Waals surface area contributed by atoms with Gasteiger partial charge in [-0.25, -0.2) is 15.0 Å². The van der Waals surface area contributed by atoms with E-state index in [1.807, 2.05) is 0 Å². The predicted octanol–water partition coefficient (Wildman–Crippen LogP) is 0.859. The van der Waals surface area contributed by atoms with E-state index < -0.39 is 10.8 Å². The number of amides is 1. The number of nitrogens with zero attached hydrogens (tertiary/aromatic N) is 4. The van der Waals surface area contributed by atoms with Crippen molar-refractivity contribution >= 4 is 27.4 Å². The van der Waals surface area contributed by atoms with Gasteiger partial charge in [0.1, 0.15) is 6.20 Å². The van der Waals surface area contributed by atoms with Crippen LogP contribution in [0.1, 0.15) is 0 Å². The van der Waals surface area contributed by atoms with Gasteiger partial charge in [0.2, 0.25) is 0 Å². The zero-order valence-electron chi connectivity index (χ0n) is 9.35. The van der Waals surface area contributed by atoms with E-state index >= 15 is 0 Å². The number of carbonyl (C=O) groups is 1. The molecule has 0 fully saturated rings. The molecule has 0 aliphatic heterocycles. The highest BCUT2D eigenvalue weighted by Gasteiger charge is 2.13. The smallest absolute Gasteiger partial charge is 0.345 e. The molecular weight excluding hydrogens is 274 g/mol. The van der Waals surface area contributed by atoms with Crippen molar-refractivity contribution in [1.82, 2.24) is 15.0 Å². The lowest BCUT2D eigenvalue weighted by Gasteiger charge is -2.02. The number of anilines is 1. The van der Waals surface area contributed by atoms with E-state index in [1.54, 1.807) is 6.07 Å². The standard InChI is InChI=1S/C9H7N5O4S/c15-6(5-18-8-10-2-1-3-11-8)13-9-12-4-7(19-9)14(16)17/h1-4H,5H2,(H,12,13,15). The lowest BCUT2D eigenvalue weighted by Crippen LogP contribution is -2.20. The maximum absolute atomic E-state index is 11.5. The Kier molecular flexibility index (Phi) is 3.93. The third kappa shape index (κ3) is 3.67. The minimum Gasteiger partial charge on any atom is -0.453 e. The van der Waals surface area contributed by atoms with Gasteiger partial charge in [-0.15, -0.1) is 0 Å². The SMILES string of the molecule is O=C(COc1ncccn1)Nc1ncc([N+](=O)[O-])s1. The molecule has 19 heavy (non-hydrogen) atoms. The van der Waals surface area contributed by atoms with Gasteiger partial charge in [0.25, 0.3) is 5.91 Å².